The third-order valence-electron chi connectivity index (χ3n) is 2.76. The van der Waals surface area contributed by atoms with Crippen LogP contribution in [0.5, 0.6) is 0 Å². The van der Waals surface area contributed by atoms with Crippen LogP contribution < -0.4 is 0 Å². The molecule has 0 unspecified atom stereocenters. The van der Waals surface area contributed by atoms with Crippen molar-refractivity contribution in [2.24, 2.45) is 0 Å². The van der Waals surface area contributed by atoms with Gasteiger partial charge in [-0.2, -0.15) is 0 Å². The van der Waals surface area contributed by atoms with Gasteiger partial charge in [0.1, 0.15) is 0 Å². The number of carbonyl (C=O) groups is 1. The van der Waals surface area contributed by atoms with Crippen molar-refractivity contribution in [3.63, 3.8) is 0 Å². The Morgan fingerprint density at radius 3 is 2.58 bits per heavy atom. The normalized spacial score (nSPS) is 10.1. The average molecular weight is 257 g/mol. The van der Waals surface area contributed by atoms with E-state index in [1.807, 2.05) is 0 Å². The molecule has 0 bridgehead atoms. The molecule has 0 aliphatic rings. The Morgan fingerprint density at radius 1 is 1.16 bits per heavy atom. The predicted octanol–water partition coefficient (Wildman–Crippen LogP) is 2.88. The zero-order valence-electron chi connectivity index (χ0n) is 9.95. The molecule has 2 aromatic carbocycles. The summed E-state index contributed by atoms with van der Waals surface area (Å²) in [5.74, 6) is -0.999. The molecule has 0 aromatic heterocycles. The summed E-state index contributed by atoms with van der Waals surface area (Å²) in [7, 11) is 0. The summed E-state index contributed by atoms with van der Waals surface area (Å²) in [5.41, 5.74) is 1.57. The van der Waals surface area contributed by atoms with Gasteiger partial charge in [-0.25, -0.2) is 4.79 Å². The van der Waals surface area contributed by atoms with E-state index < -0.39 is 10.9 Å². The van der Waals surface area contributed by atoms with Gasteiger partial charge in [-0.05, 0) is 23.6 Å². The summed E-state index contributed by atoms with van der Waals surface area (Å²) in [4.78, 5) is 21.3. The smallest absolute Gasteiger partial charge is 0.335 e. The first-order valence-electron chi connectivity index (χ1n) is 5.62. The Morgan fingerprint density at radius 2 is 1.89 bits per heavy atom. The number of non-ortho nitro benzene ring substituents is 1. The number of hydrogen-bond donors (Lipinski definition) is 1. The van der Waals surface area contributed by atoms with Crippen molar-refractivity contribution in [3.05, 3.63) is 75.3 Å². The largest absolute Gasteiger partial charge is 0.478 e. The fourth-order valence-corrected chi connectivity index (χ4v) is 1.88. The first-order valence-corrected chi connectivity index (χ1v) is 5.62. The van der Waals surface area contributed by atoms with E-state index in [1.165, 1.54) is 18.2 Å². The molecule has 0 saturated carbocycles. The molecule has 2 aromatic rings. The van der Waals surface area contributed by atoms with Gasteiger partial charge in [-0.1, -0.05) is 30.3 Å². The number of aromatic carboxylic acids is 1. The van der Waals surface area contributed by atoms with Gasteiger partial charge in [0.25, 0.3) is 5.69 Å². The number of nitrogens with zero attached hydrogens (tertiary/aromatic N) is 1. The Bertz CT molecular complexity index is 637. The Hall–Kier alpha value is -2.69. The molecule has 0 saturated heterocycles. The number of nitro groups is 1. The second-order valence-electron chi connectivity index (χ2n) is 4.07. The molecule has 2 rings (SSSR count). The fraction of sp³-hybridized carbons (Fsp3) is 0.0714. The van der Waals surface area contributed by atoms with Crippen LogP contribution in [0.25, 0.3) is 0 Å². The van der Waals surface area contributed by atoms with Crippen molar-refractivity contribution in [1.29, 1.82) is 0 Å². The predicted molar refractivity (Wildman–Crippen MR) is 69.3 cm³/mol. The van der Waals surface area contributed by atoms with Crippen LogP contribution in [-0.4, -0.2) is 16.0 Å². The van der Waals surface area contributed by atoms with E-state index in [-0.39, 0.29) is 11.3 Å². The van der Waals surface area contributed by atoms with Crippen LogP contribution in [0.1, 0.15) is 21.5 Å². The molecule has 0 aliphatic carbocycles. The van der Waals surface area contributed by atoms with E-state index in [0.29, 0.717) is 17.5 Å². The molecule has 0 spiro atoms. The second kappa shape index (κ2) is 5.30. The van der Waals surface area contributed by atoms with Crippen LogP contribution in [0.15, 0.2) is 48.5 Å². The SMILES string of the molecule is O=C(O)c1ccccc1Cc1cccc([N+](=O)[O-])c1. The third kappa shape index (κ3) is 2.95. The summed E-state index contributed by atoms with van der Waals surface area (Å²) >= 11 is 0. The number of hydrogen-bond acceptors (Lipinski definition) is 3. The summed E-state index contributed by atoms with van der Waals surface area (Å²) in [6.45, 7) is 0. The van der Waals surface area contributed by atoms with Crippen LogP contribution in [0.3, 0.4) is 0 Å². The van der Waals surface area contributed by atoms with Crippen LogP contribution >= 0.6 is 0 Å². The van der Waals surface area contributed by atoms with Gasteiger partial charge >= 0.3 is 5.97 Å². The molecule has 5 heteroatoms. The zero-order chi connectivity index (χ0) is 13.8. The van der Waals surface area contributed by atoms with E-state index in [2.05, 4.69) is 0 Å². The standard InChI is InChI=1S/C14H11NO4/c16-14(17)13-7-2-1-5-11(13)8-10-4-3-6-12(9-10)15(18)19/h1-7,9H,8H2,(H,16,17). The maximum atomic E-state index is 11.1. The van der Waals surface area contributed by atoms with Crippen LogP contribution in [0, 0.1) is 10.1 Å². The lowest BCUT2D eigenvalue weighted by Gasteiger charge is -2.05. The lowest BCUT2D eigenvalue weighted by Crippen LogP contribution is -2.02. The van der Waals surface area contributed by atoms with Gasteiger partial charge < -0.3 is 5.11 Å². The molecule has 0 atom stereocenters. The molecule has 1 N–H and O–H groups in total. The lowest BCUT2D eigenvalue weighted by atomic mass is 9.99. The molecule has 0 aliphatic heterocycles. The van der Waals surface area contributed by atoms with Gasteiger partial charge in [-0.3, -0.25) is 10.1 Å². The highest BCUT2D eigenvalue weighted by Crippen LogP contribution is 2.18. The number of benzene rings is 2. The van der Waals surface area contributed by atoms with Gasteiger partial charge in [0.05, 0.1) is 10.5 Å². The monoisotopic (exact) mass is 257 g/mol. The quantitative estimate of drug-likeness (QED) is 0.674. The lowest BCUT2D eigenvalue weighted by molar-refractivity contribution is -0.384. The summed E-state index contributed by atoms with van der Waals surface area (Å²) < 4.78 is 0. The number of carboxylic acids is 1. The molecular formula is C14H11NO4. The average Bonchev–Trinajstić information content (AvgIpc) is 2.39. The first kappa shape index (κ1) is 12.8. The molecular weight excluding hydrogens is 246 g/mol. The first-order chi connectivity index (χ1) is 9.08. The molecule has 0 radical (unpaired) electrons. The fourth-order valence-electron chi connectivity index (χ4n) is 1.88. The Labute approximate surface area is 109 Å². The number of nitro benzene ring substituents is 1. The van der Waals surface area contributed by atoms with E-state index in [9.17, 15) is 14.9 Å². The minimum Gasteiger partial charge on any atom is -0.478 e. The van der Waals surface area contributed by atoms with E-state index in [4.69, 9.17) is 5.11 Å². The summed E-state index contributed by atoms with van der Waals surface area (Å²) in [6, 6.07) is 12.8. The number of carboxylic acid groups (broad SMARTS) is 1. The van der Waals surface area contributed by atoms with E-state index in [0.717, 1.165) is 0 Å². The molecule has 0 fully saturated rings. The topological polar surface area (TPSA) is 80.4 Å². The zero-order valence-corrected chi connectivity index (χ0v) is 9.95. The van der Waals surface area contributed by atoms with E-state index >= 15 is 0 Å². The van der Waals surface area contributed by atoms with Crippen molar-refractivity contribution in [3.8, 4) is 0 Å². The van der Waals surface area contributed by atoms with Crippen LogP contribution in [0.4, 0.5) is 5.69 Å². The van der Waals surface area contributed by atoms with Crippen LogP contribution in [-0.2, 0) is 6.42 Å². The van der Waals surface area contributed by atoms with Gasteiger partial charge in [0.2, 0.25) is 0 Å². The van der Waals surface area contributed by atoms with Crippen LogP contribution in [0.2, 0.25) is 0 Å². The van der Waals surface area contributed by atoms with Crippen molar-refractivity contribution >= 4 is 11.7 Å². The second-order valence-corrected chi connectivity index (χ2v) is 4.07. The highest BCUT2D eigenvalue weighted by atomic mass is 16.6. The molecule has 0 amide bonds. The van der Waals surface area contributed by atoms with Crippen molar-refractivity contribution in [2.75, 3.05) is 0 Å². The van der Waals surface area contributed by atoms with Crippen molar-refractivity contribution in [1.82, 2.24) is 0 Å². The minimum atomic E-state index is -0.999. The maximum Gasteiger partial charge on any atom is 0.335 e. The summed E-state index contributed by atoms with van der Waals surface area (Å²) in [5, 5.41) is 19.8. The Kier molecular flexibility index (Phi) is 3.56. The van der Waals surface area contributed by atoms with E-state index in [1.54, 1.807) is 30.3 Å². The van der Waals surface area contributed by atoms with Gasteiger partial charge in [-0.15, -0.1) is 0 Å². The highest BCUT2D eigenvalue weighted by molar-refractivity contribution is 5.89. The van der Waals surface area contributed by atoms with Crippen molar-refractivity contribution in [2.45, 2.75) is 6.42 Å². The van der Waals surface area contributed by atoms with Gasteiger partial charge in [0.15, 0.2) is 0 Å². The molecule has 0 heterocycles. The number of rotatable bonds is 4. The third-order valence-corrected chi connectivity index (χ3v) is 2.76. The Balaban J connectivity index is 2.34. The highest BCUT2D eigenvalue weighted by Gasteiger charge is 2.11. The van der Waals surface area contributed by atoms with Gasteiger partial charge in [0, 0.05) is 12.1 Å². The molecule has 96 valence electrons. The summed E-state index contributed by atoms with van der Waals surface area (Å²) in [6.07, 6.45) is 0.351. The molecule has 5 nitrogen and oxygen atoms in total. The minimum absolute atomic E-state index is 0.00491. The van der Waals surface area contributed by atoms with Crippen molar-refractivity contribution < 1.29 is 14.8 Å². The molecule has 19 heavy (non-hydrogen) atoms. The maximum absolute atomic E-state index is 11.1.